The second kappa shape index (κ2) is 10.5. The first-order valence-electron chi connectivity index (χ1n) is 11.4. The van der Waals surface area contributed by atoms with Crippen LogP contribution in [0, 0.1) is 5.82 Å². The Morgan fingerprint density at radius 1 is 1.09 bits per heavy atom. The Hall–Kier alpha value is -4.04. The molecule has 0 bridgehead atoms. The number of aromatic nitrogens is 3. The van der Waals surface area contributed by atoms with E-state index < -0.39 is 12.0 Å². The molecule has 3 N–H and O–H groups in total. The molecule has 0 aliphatic carbocycles. The highest BCUT2D eigenvalue weighted by atomic mass is 19.1. The van der Waals surface area contributed by atoms with Crippen LogP contribution >= 0.6 is 0 Å². The number of nitrogens with zero attached hydrogens (tertiary/aromatic N) is 3. The molecule has 1 unspecified atom stereocenters. The van der Waals surface area contributed by atoms with Gasteiger partial charge < -0.3 is 15.5 Å². The lowest BCUT2D eigenvalue weighted by Crippen LogP contribution is -2.33. The van der Waals surface area contributed by atoms with Crippen molar-refractivity contribution in [2.45, 2.75) is 32.4 Å². The van der Waals surface area contributed by atoms with Gasteiger partial charge in [0.25, 0.3) is 5.91 Å². The molecule has 7 nitrogen and oxygen atoms in total. The van der Waals surface area contributed by atoms with E-state index in [4.69, 9.17) is 5.10 Å². The Bertz CT molecular complexity index is 1320. The fourth-order valence-corrected chi connectivity index (χ4v) is 3.73. The van der Waals surface area contributed by atoms with E-state index in [1.165, 1.54) is 24.3 Å². The number of benzene rings is 2. The van der Waals surface area contributed by atoms with Crippen LogP contribution in [0.15, 0.2) is 73.1 Å². The number of phenols is 1. The van der Waals surface area contributed by atoms with Gasteiger partial charge in [-0.25, -0.2) is 4.39 Å². The van der Waals surface area contributed by atoms with Gasteiger partial charge in [-0.15, -0.1) is 0 Å². The summed E-state index contributed by atoms with van der Waals surface area (Å²) in [5.74, 6) is -0.894. The second-order valence-electron chi connectivity index (χ2n) is 8.59. The van der Waals surface area contributed by atoms with Crippen LogP contribution in [0.3, 0.4) is 0 Å². The Kier molecular flexibility index (Phi) is 7.22. The van der Waals surface area contributed by atoms with E-state index >= 15 is 0 Å². The number of amides is 1. The molecule has 35 heavy (non-hydrogen) atoms. The van der Waals surface area contributed by atoms with Crippen LogP contribution in [0.2, 0.25) is 0 Å². The maximum atomic E-state index is 13.5. The minimum Gasteiger partial charge on any atom is -0.507 e. The van der Waals surface area contributed by atoms with Crippen molar-refractivity contribution in [3.63, 3.8) is 0 Å². The number of carbonyl (C=O) groups excluding carboxylic acids is 1. The lowest BCUT2D eigenvalue weighted by molar-refractivity contribution is 0.0912. The van der Waals surface area contributed by atoms with Gasteiger partial charge in [0.2, 0.25) is 0 Å². The fraction of sp³-hybridized carbons (Fsp3) is 0.222. The molecule has 1 amide bonds. The summed E-state index contributed by atoms with van der Waals surface area (Å²) in [4.78, 5) is 16.7. The van der Waals surface area contributed by atoms with E-state index in [2.05, 4.69) is 10.3 Å². The lowest BCUT2D eigenvalue weighted by Gasteiger charge is -2.13. The molecular weight excluding hydrogens is 447 g/mol. The number of halogens is 1. The number of carbonyl (C=O) groups is 1. The number of para-hydroxylation sites is 1. The molecule has 0 fully saturated rings. The zero-order chi connectivity index (χ0) is 24.9. The SMILES string of the molecule is CC(C)n1cc(-c2ccnc(CC(O)CNC(=O)c3ccccc3O)c2)c(-c2ccc(F)cc2)n1. The van der Waals surface area contributed by atoms with Crippen molar-refractivity contribution in [3.8, 4) is 28.1 Å². The van der Waals surface area contributed by atoms with Gasteiger partial charge in [0.1, 0.15) is 17.3 Å². The van der Waals surface area contributed by atoms with Gasteiger partial charge in [0.15, 0.2) is 0 Å². The fourth-order valence-electron chi connectivity index (χ4n) is 3.73. The van der Waals surface area contributed by atoms with E-state index in [9.17, 15) is 19.4 Å². The number of rotatable bonds is 8. The summed E-state index contributed by atoms with van der Waals surface area (Å²) in [6.07, 6.45) is 2.96. The number of pyridine rings is 1. The number of aliphatic hydroxyl groups excluding tert-OH is 1. The molecule has 0 spiro atoms. The molecule has 2 aromatic heterocycles. The predicted molar refractivity (Wildman–Crippen MR) is 131 cm³/mol. The average Bonchev–Trinajstić information content (AvgIpc) is 3.29. The summed E-state index contributed by atoms with van der Waals surface area (Å²) < 4.78 is 15.3. The Labute approximate surface area is 202 Å². The van der Waals surface area contributed by atoms with Crippen molar-refractivity contribution in [3.05, 3.63) is 90.1 Å². The predicted octanol–water partition coefficient (Wildman–Crippen LogP) is 4.37. The number of phenolic OH excluding ortho intramolecular Hbond substituents is 1. The third kappa shape index (κ3) is 5.73. The van der Waals surface area contributed by atoms with Gasteiger partial charge in [0.05, 0.1) is 11.7 Å². The highest BCUT2D eigenvalue weighted by molar-refractivity contribution is 5.96. The smallest absolute Gasteiger partial charge is 0.255 e. The summed E-state index contributed by atoms with van der Waals surface area (Å²) in [7, 11) is 0. The van der Waals surface area contributed by atoms with Crippen LogP contribution < -0.4 is 5.32 Å². The summed E-state index contributed by atoms with van der Waals surface area (Å²) in [6, 6.07) is 16.3. The van der Waals surface area contributed by atoms with Crippen molar-refractivity contribution < 1.29 is 19.4 Å². The van der Waals surface area contributed by atoms with Gasteiger partial charge in [-0.2, -0.15) is 5.10 Å². The molecule has 0 radical (unpaired) electrons. The standard InChI is InChI=1S/C27H27FN4O3/c1-17(2)32-16-24(26(31-32)18-7-9-20(28)10-8-18)19-11-12-29-21(13-19)14-22(33)15-30-27(35)23-5-3-4-6-25(23)34/h3-13,16-17,22,33-34H,14-15H2,1-2H3,(H,30,35). The molecule has 2 aromatic carbocycles. The molecule has 180 valence electrons. The van der Waals surface area contributed by atoms with E-state index in [-0.39, 0.29) is 36.1 Å². The summed E-state index contributed by atoms with van der Waals surface area (Å²) in [6.45, 7) is 4.07. The van der Waals surface area contributed by atoms with Crippen LogP contribution in [0.4, 0.5) is 4.39 Å². The van der Waals surface area contributed by atoms with Gasteiger partial charge >= 0.3 is 0 Å². The molecule has 0 saturated heterocycles. The van der Waals surface area contributed by atoms with Gasteiger partial charge in [-0.1, -0.05) is 12.1 Å². The minimum atomic E-state index is -0.873. The molecule has 4 aromatic rings. The third-order valence-electron chi connectivity index (χ3n) is 5.60. The van der Waals surface area contributed by atoms with E-state index in [0.29, 0.717) is 5.69 Å². The van der Waals surface area contributed by atoms with Crippen molar-refractivity contribution in [1.82, 2.24) is 20.1 Å². The lowest BCUT2D eigenvalue weighted by atomic mass is 10.0. The number of hydrogen-bond acceptors (Lipinski definition) is 5. The normalized spacial score (nSPS) is 12.0. The molecular formula is C27H27FN4O3. The Morgan fingerprint density at radius 3 is 2.54 bits per heavy atom. The zero-order valence-electron chi connectivity index (χ0n) is 19.5. The van der Waals surface area contributed by atoms with Gasteiger partial charge in [0, 0.05) is 48.2 Å². The number of hydrogen-bond donors (Lipinski definition) is 3. The molecule has 4 rings (SSSR count). The number of nitrogens with one attached hydrogen (secondary N) is 1. The van der Waals surface area contributed by atoms with Crippen molar-refractivity contribution in [2.24, 2.45) is 0 Å². The molecule has 0 saturated carbocycles. The maximum Gasteiger partial charge on any atom is 0.255 e. The summed E-state index contributed by atoms with van der Waals surface area (Å²) in [5, 5.41) is 27.7. The molecule has 8 heteroatoms. The zero-order valence-corrected chi connectivity index (χ0v) is 19.5. The Balaban J connectivity index is 1.51. The molecule has 1 atom stereocenters. The Morgan fingerprint density at radius 2 is 1.83 bits per heavy atom. The third-order valence-corrected chi connectivity index (χ3v) is 5.60. The monoisotopic (exact) mass is 474 g/mol. The first kappa shape index (κ1) is 24.1. The van der Waals surface area contributed by atoms with Crippen molar-refractivity contribution in [2.75, 3.05) is 6.54 Å². The number of aliphatic hydroxyl groups is 1. The highest BCUT2D eigenvalue weighted by Gasteiger charge is 2.17. The van der Waals surface area contributed by atoms with E-state index in [1.54, 1.807) is 30.5 Å². The first-order valence-corrected chi connectivity index (χ1v) is 11.4. The van der Waals surface area contributed by atoms with Crippen LogP contribution in [-0.2, 0) is 6.42 Å². The minimum absolute atomic E-state index is 0.00515. The highest BCUT2D eigenvalue weighted by Crippen LogP contribution is 2.32. The van der Waals surface area contributed by atoms with Crippen molar-refractivity contribution >= 4 is 5.91 Å². The van der Waals surface area contributed by atoms with Crippen LogP contribution in [0.1, 0.15) is 35.9 Å². The largest absolute Gasteiger partial charge is 0.507 e. The van der Waals surface area contributed by atoms with E-state index in [0.717, 1.165) is 22.4 Å². The van der Waals surface area contributed by atoms with Crippen molar-refractivity contribution in [1.29, 1.82) is 0 Å². The summed E-state index contributed by atoms with van der Waals surface area (Å²) in [5.41, 5.74) is 4.06. The maximum absolute atomic E-state index is 13.5. The molecule has 2 heterocycles. The van der Waals surface area contributed by atoms with E-state index in [1.807, 2.05) is 36.9 Å². The van der Waals surface area contributed by atoms with Crippen LogP contribution in [0.5, 0.6) is 5.75 Å². The van der Waals surface area contributed by atoms with Crippen LogP contribution in [0.25, 0.3) is 22.4 Å². The summed E-state index contributed by atoms with van der Waals surface area (Å²) >= 11 is 0. The number of aromatic hydroxyl groups is 1. The quantitative estimate of drug-likeness (QED) is 0.352. The topological polar surface area (TPSA) is 100 Å². The second-order valence-corrected chi connectivity index (χ2v) is 8.59. The average molecular weight is 475 g/mol. The molecule has 0 aliphatic rings. The van der Waals surface area contributed by atoms with Gasteiger partial charge in [-0.3, -0.25) is 14.5 Å². The molecule has 0 aliphatic heterocycles. The van der Waals surface area contributed by atoms with Gasteiger partial charge in [-0.05, 0) is 67.9 Å². The van der Waals surface area contributed by atoms with Crippen LogP contribution in [-0.4, -0.2) is 43.5 Å². The first-order chi connectivity index (χ1) is 16.8.